The summed E-state index contributed by atoms with van der Waals surface area (Å²) in [7, 11) is 0. The third-order valence-corrected chi connectivity index (χ3v) is 4.35. The van der Waals surface area contributed by atoms with Gasteiger partial charge in [-0.2, -0.15) is 0 Å². The molecule has 0 radical (unpaired) electrons. The Morgan fingerprint density at radius 3 is 2.36 bits per heavy atom. The molecule has 1 N–H and O–H groups in total. The number of rotatable bonds is 11. The molecule has 22 heavy (non-hydrogen) atoms. The average Bonchev–Trinajstić information content (AvgIpc) is 2.48. The Hall–Kier alpha value is -0.610. The fourth-order valence-electron chi connectivity index (χ4n) is 3.12. The first-order valence-corrected chi connectivity index (χ1v) is 9.14. The Balaban J connectivity index is 2.19. The van der Waals surface area contributed by atoms with Crippen molar-refractivity contribution in [2.24, 2.45) is 0 Å². The first-order chi connectivity index (χ1) is 10.6. The van der Waals surface area contributed by atoms with Gasteiger partial charge in [-0.15, -0.1) is 0 Å². The van der Waals surface area contributed by atoms with Crippen molar-refractivity contribution < 1.29 is 19.4 Å². The minimum atomic E-state index is -0.699. The van der Waals surface area contributed by atoms with Gasteiger partial charge in [0.25, 0.3) is 0 Å². The van der Waals surface area contributed by atoms with Gasteiger partial charge >= 0.3 is 5.97 Å². The van der Waals surface area contributed by atoms with Gasteiger partial charge in [-0.1, -0.05) is 51.9 Å². The topological polar surface area (TPSA) is 55.8 Å². The number of carbonyl (C=O) groups excluding carboxylic acids is 1. The van der Waals surface area contributed by atoms with Gasteiger partial charge in [0.05, 0.1) is 6.10 Å². The molecule has 1 unspecified atom stereocenters. The third-order valence-electron chi connectivity index (χ3n) is 4.35. The van der Waals surface area contributed by atoms with E-state index in [-0.39, 0.29) is 18.2 Å². The molecule has 1 heterocycles. The minimum absolute atomic E-state index is 0.141. The molecule has 4 heteroatoms. The predicted molar refractivity (Wildman–Crippen MR) is 87.5 cm³/mol. The van der Waals surface area contributed by atoms with E-state index in [1.807, 2.05) is 0 Å². The number of unbranched alkanes of at least 4 members (excludes halogenated alkanes) is 7. The summed E-state index contributed by atoms with van der Waals surface area (Å²) < 4.78 is 11.0. The fourth-order valence-corrected chi connectivity index (χ4v) is 3.12. The van der Waals surface area contributed by atoms with Crippen LogP contribution in [0.3, 0.4) is 0 Å². The molecule has 0 saturated carbocycles. The molecule has 4 nitrogen and oxygen atoms in total. The molecule has 1 aliphatic heterocycles. The Kier molecular flexibility index (Phi) is 10.5. The lowest BCUT2D eigenvalue weighted by molar-refractivity contribution is -0.201. The summed E-state index contributed by atoms with van der Waals surface area (Å²) in [5, 5.41) is 9.61. The molecule has 0 spiro atoms. The lowest BCUT2D eigenvalue weighted by atomic mass is 9.98. The Bertz CT molecular complexity index is 293. The number of hydrogen-bond donors (Lipinski definition) is 1. The second kappa shape index (κ2) is 11.9. The largest absolute Gasteiger partial charge is 0.460 e. The lowest BCUT2D eigenvalue weighted by Gasteiger charge is -2.32. The van der Waals surface area contributed by atoms with E-state index in [9.17, 15) is 9.90 Å². The summed E-state index contributed by atoms with van der Waals surface area (Å²) in [6.45, 7) is 3.68. The maximum atomic E-state index is 11.3. The van der Waals surface area contributed by atoms with Crippen LogP contribution >= 0.6 is 0 Å². The highest BCUT2D eigenvalue weighted by molar-refractivity contribution is 5.66. The van der Waals surface area contributed by atoms with Gasteiger partial charge in [0.1, 0.15) is 6.10 Å². The van der Waals surface area contributed by atoms with E-state index in [0.717, 1.165) is 25.7 Å². The minimum Gasteiger partial charge on any atom is -0.460 e. The first-order valence-electron chi connectivity index (χ1n) is 9.14. The monoisotopic (exact) mass is 314 g/mol. The zero-order valence-electron chi connectivity index (χ0n) is 14.4. The van der Waals surface area contributed by atoms with E-state index in [2.05, 4.69) is 6.92 Å². The van der Waals surface area contributed by atoms with Crippen molar-refractivity contribution in [3.63, 3.8) is 0 Å². The molecule has 3 atom stereocenters. The highest BCUT2D eigenvalue weighted by atomic mass is 16.6. The van der Waals surface area contributed by atoms with Crippen LogP contribution in [-0.2, 0) is 14.3 Å². The third kappa shape index (κ3) is 8.74. The van der Waals surface area contributed by atoms with E-state index >= 15 is 0 Å². The van der Waals surface area contributed by atoms with Gasteiger partial charge in [0.15, 0.2) is 6.29 Å². The van der Waals surface area contributed by atoms with Crippen LogP contribution in [0.2, 0.25) is 0 Å². The quantitative estimate of drug-likeness (QED) is 0.455. The fraction of sp³-hybridized carbons (Fsp3) is 0.944. The predicted octanol–water partition coefficient (Wildman–Crippen LogP) is 4.34. The molecule has 0 aromatic rings. The molecule has 1 fully saturated rings. The second-order valence-corrected chi connectivity index (χ2v) is 6.47. The lowest BCUT2D eigenvalue weighted by Crippen LogP contribution is -2.39. The molecule has 0 aliphatic carbocycles. The van der Waals surface area contributed by atoms with Crippen molar-refractivity contribution in [3.05, 3.63) is 0 Å². The molecule has 1 aliphatic rings. The Labute approximate surface area is 135 Å². The zero-order valence-corrected chi connectivity index (χ0v) is 14.4. The molecular weight excluding hydrogens is 280 g/mol. The number of aliphatic hydroxyl groups excluding tert-OH is 1. The van der Waals surface area contributed by atoms with Gasteiger partial charge < -0.3 is 14.6 Å². The maximum absolute atomic E-state index is 11.3. The van der Waals surface area contributed by atoms with Crippen LogP contribution in [0.4, 0.5) is 0 Å². The van der Waals surface area contributed by atoms with Crippen molar-refractivity contribution in [1.82, 2.24) is 0 Å². The molecule has 0 aromatic carbocycles. The van der Waals surface area contributed by atoms with Crippen LogP contribution in [0.15, 0.2) is 0 Å². The summed E-state index contributed by atoms with van der Waals surface area (Å²) in [5.74, 6) is -0.256. The summed E-state index contributed by atoms with van der Waals surface area (Å²) in [6, 6.07) is 0. The maximum Gasteiger partial charge on any atom is 0.302 e. The van der Waals surface area contributed by atoms with Crippen LogP contribution in [0.25, 0.3) is 0 Å². The molecule has 0 aromatic heterocycles. The van der Waals surface area contributed by atoms with E-state index in [0.29, 0.717) is 6.42 Å². The molecule has 1 saturated heterocycles. The van der Waals surface area contributed by atoms with Crippen LogP contribution in [0.5, 0.6) is 0 Å². The number of hydrogen-bond acceptors (Lipinski definition) is 4. The van der Waals surface area contributed by atoms with E-state index < -0.39 is 6.29 Å². The number of ether oxygens (including phenoxy) is 2. The van der Waals surface area contributed by atoms with Gasteiger partial charge in [-0.05, 0) is 32.1 Å². The van der Waals surface area contributed by atoms with Crippen LogP contribution < -0.4 is 0 Å². The van der Waals surface area contributed by atoms with Gasteiger partial charge in [0, 0.05) is 6.92 Å². The Morgan fingerprint density at radius 2 is 1.77 bits per heavy atom. The summed E-state index contributed by atoms with van der Waals surface area (Å²) >= 11 is 0. The molecule has 130 valence electrons. The van der Waals surface area contributed by atoms with E-state index in [4.69, 9.17) is 9.47 Å². The van der Waals surface area contributed by atoms with Gasteiger partial charge in [-0.3, -0.25) is 4.79 Å². The number of esters is 1. The van der Waals surface area contributed by atoms with Crippen LogP contribution in [0, 0.1) is 0 Å². The molecular formula is C18H34O4. The Morgan fingerprint density at radius 1 is 1.14 bits per heavy atom. The van der Waals surface area contributed by atoms with Gasteiger partial charge in [-0.25, -0.2) is 0 Å². The average molecular weight is 314 g/mol. The van der Waals surface area contributed by atoms with Crippen LogP contribution in [-0.4, -0.2) is 29.6 Å². The zero-order chi connectivity index (χ0) is 16.2. The van der Waals surface area contributed by atoms with Crippen LogP contribution in [0.1, 0.15) is 90.9 Å². The first kappa shape index (κ1) is 19.4. The van der Waals surface area contributed by atoms with Crippen molar-refractivity contribution in [2.45, 2.75) is 109 Å². The normalized spacial score (nSPS) is 23.2. The van der Waals surface area contributed by atoms with Crippen molar-refractivity contribution in [3.8, 4) is 0 Å². The summed E-state index contributed by atoms with van der Waals surface area (Å²) in [6.07, 6.45) is 12.4. The molecule has 0 amide bonds. The SMILES string of the molecule is CCCCCCCCCC[C@H](OC(C)=O)[C@H]1CCCC(O)O1. The highest BCUT2D eigenvalue weighted by Gasteiger charge is 2.29. The smallest absolute Gasteiger partial charge is 0.302 e. The molecule has 1 rings (SSSR count). The number of aliphatic hydroxyl groups is 1. The van der Waals surface area contributed by atoms with Gasteiger partial charge in [0.2, 0.25) is 0 Å². The summed E-state index contributed by atoms with van der Waals surface area (Å²) in [5.41, 5.74) is 0. The second-order valence-electron chi connectivity index (χ2n) is 6.47. The summed E-state index contributed by atoms with van der Waals surface area (Å²) in [4.78, 5) is 11.3. The van der Waals surface area contributed by atoms with Crippen molar-refractivity contribution in [2.75, 3.05) is 0 Å². The van der Waals surface area contributed by atoms with E-state index in [1.54, 1.807) is 0 Å². The highest BCUT2D eigenvalue weighted by Crippen LogP contribution is 2.25. The van der Waals surface area contributed by atoms with E-state index in [1.165, 1.54) is 51.9 Å². The standard InChI is InChI=1S/C18H34O4/c1-3-4-5-6-7-8-9-10-12-16(21-15(2)19)17-13-11-14-18(20)22-17/h16-18,20H,3-14H2,1-2H3/t16-,17+,18?/m0/s1. The van der Waals surface area contributed by atoms with Crippen molar-refractivity contribution in [1.29, 1.82) is 0 Å². The van der Waals surface area contributed by atoms with Crippen molar-refractivity contribution >= 4 is 5.97 Å². The number of carbonyl (C=O) groups is 1. The molecule has 0 bridgehead atoms.